The first kappa shape index (κ1) is 32.2. The number of carbonyl (C=O) groups is 2. The Morgan fingerprint density at radius 1 is 0.947 bits per heavy atom. The molecule has 38 heavy (non-hydrogen) atoms. The van der Waals surface area contributed by atoms with E-state index in [-0.39, 0.29) is 40.5 Å². The van der Waals surface area contributed by atoms with Gasteiger partial charge in [0.1, 0.15) is 0 Å². The maximum atomic E-state index is 13.0. The molecule has 0 aliphatic heterocycles. The van der Waals surface area contributed by atoms with Gasteiger partial charge >= 0.3 is 0 Å². The molecule has 2 rings (SSSR count). The first-order valence-electron chi connectivity index (χ1n) is 14.5. The van der Waals surface area contributed by atoms with Gasteiger partial charge in [0.25, 0.3) is 0 Å². The average Bonchev–Trinajstić information content (AvgIpc) is 2.87. The van der Waals surface area contributed by atoms with Crippen LogP contribution in [0.1, 0.15) is 109 Å². The molecule has 6 unspecified atom stereocenters. The van der Waals surface area contributed by atoms with E-state index in [1.54, 1.807) is 0 Å². The first-order valence-corrected chi connectivity index (χ1v) is 15.7. The smallest absolute Gasteiger partial charge is 0.182 e. The van der Waals surface area contributed by atoms with Crippen LogP contribution in [0, 0.1) is 24.7 Å². The third-order valence-electron chi connectivity index (χ3n) is 8.34. The van der Waals surface area contributed by atoms with Crippen molar-refractivity contribution in [1.82, 2.24) is 0 Å². The zero-order chi connectivity index (χ0) is 28.2. The standard InChI is InChI=1S/C32H49NO4S/c1-6-8-9-10-11-12-14-31(38(36)37)25(13-7-2)19-23(4)24(5)32(28-20-26(33)16-15-22(28)3)29-21-27(34)17-18-30(29)35/h15-18,20-21,23-25,31-32H,6-14,19,33H2,1-5H3,(H,36,37). The highest BCUT2D eigenvalue weighted by Crippen LogP contribution is 2.42. The molecule has 212 valence electrons. The van der Waals surface area contributed by atoms with Crippen LogP contribution in [0.4, 0.5) is 5.69 Å². The summed E-state index contributed by atoms with van der Waals surface area (Å²) in [4.78, 5) is 25.3. The molecule has 1 aliphatic rings. The minimum atomic E-state index is -1.88. The lowest BCUT2D eigenvalue weighted by Gasteiger charge is -2.35. The molecule has 0 spiro atoms. The van der Waals surface area contributed by atoms with Crippen LogP contribution in [0.15, 0.2) is 42.0 Å². The number of hydrogen-bond donors (Lipinski definition) is 2. The minimum Gasteiger partial charge on any atom is -0.399 e. The number of nitrogens with two attached hydrogens (primary N) is 1. The topological polar surface area (TPSA) is 97.5 Å². The Hall–Kier alpha value is -2.05. The molecule has 0 saturated heterocycles. The first-order chi connectivity index (χ1) is 18.1. The number of nitrogen functional groups attached to an aromatic ring is 1. The van der Waals surface area contributed by atoms with Crippen molar-refractivity contribution in [3.8, 4) is 0 Å². The van der Waals surface area contributed by atoms with Gasteiger partial charge in [0.2, 0.25) is 0 Å². The van der Waals surface area contributed by atoms with E-state index in [1.165, 1.54) is 43.9 Å². The fourth-order valence-electron chi connectivity index (χ4n) is 5.97. The third kappa shape index (κ3) is 9.30. The molecule has 1 aromatic rings. The Kier molecular flexibility index (Phi) is 13.7. The molecule has 0 fully saturated rings. The van der Waals surface area contributed by atoms with E-state index in [0.29, 0.717) is 11.3 Å². The highest BCUT2D eigenvalue weighted by Gasteiger charge is 2.35. The van der Waals surface area contributed by atoms with Crippen molar-refractivity contribution in [1.29, 1.82) is 0 Å². The van der Waals surface area contributed by atoms with Crippen LogP contribution < -0.4 is 5.73 Å². The molecule has 0 radical (unpaired) electrons. The van der Waals surface area contributed by atoms with E-state index in [4.69, 9.17) is 5.73 Å². The number of allylic oxidation sites excluding steroid dienone is 4. The van der Waals surface area contributed by atoms with Crippen molar-refractivity contribution in [3.63, 3.8) is 0 Å². The van der Waals surface area contributed by atoms with E-state index in [2.05, 4.69) is 27.7 Å². The molecular formula is C32H49NO4S. The summed E-state index contributed by atoms with van der Waals surface area (Å²) in [6.45, 7) is 10.7. The molecule has 1 aliphatic carbocycles. The van der Waals surface area contributed by atoms with Gasteiger partial charge in [0.05, 0.1) is 5.25 Å². The molecule has 6 heteroatoms. The molecule has 6 atom stereocenters. The monoisotopic (exact) mass is 543 g/mol. The number of aryl methyl sites for hydroxylation is 1. The van der Waals surface area contributed by atoms with Gasteiger partial charge in [-0.2, -0.15) is 0 Å². The fraction of sp³-hybridized carbons (Fsp3) is 0.625. The van der Waals surface area contributed by atoms with Crippen molar-refractivity contribution in [2.45, 2.75) is 110 Å². The Morgan fingerprint density at radius 3 is 2.29 bits per heavy atom. The zero-order valence-electron chi connectivity index (χ0n) is 24.1. The lowest BCUT2D eigenvalue weighted by molar-refractivity contribution is -0.114. The number of unbranched alkanes of at least 4 members (excludes halogenated alkanes) is 5. The van der Waals surface area contributed by atoms with Crippen molar-refractivity contribution in [2.75, 3.05) is 5.73 Å². The number of benzene rings is 1. The SMILES string of the molecule is CCCCCCCCC(C(CCC)CC(C)C(C)C(C1=CC(=O)C=CC1=O)c1cc(N)ccc1C)S(=O)O. The van der Waals surface area contributed by atoms with Crippen LogP contribution in [0.2, 0.25) is 0 Å². The van der Waals surface area contributed by atoms with Crippen molar-refractivity contribution in [2.24, 2.45) is 17.8 Å². The maximum absolute atomic E-state index is 13.0. The molecule has 0 bridgehead atoms. The summed E-state index contributed by atoms with van der Waals surface area (Å²) < 4.78 is 22.8. The Morgan fingerprint density at radius 2 is 1.63 bits per heavy atom. The normalized spacial score (nSPS) is 18.5. The second kappa shape index (κ2) is 16.1. The van der Waals surface area contributed by atoms with Gasteiger partial charge < -0.3 is 10.3 Å². The van der Waals surface area contributed by atoms with E-state index in [9.17, 15) is 18.4 Å². The van der Waals surface area contributed by atoms with Crippen LogP contribution in [-0.2, 0) is 20.7 Å². The summed E-state index contributed by atoms with van der Waals surface area (Å²) in [5.74, 6) is -0.302. The number of hydrogen-bond acceptors (Lipinski definition) is 4. The Balaban J connectivity index is 2.30. The van der Waals surface area contributed by atoms with E-state index < -0.39 is 11.1 Å². The molecule has 0 amide bonds. The van der Waals surface area contributed by atoms with Crippen LogP contribution >= 0.6 is 0 Å². The summed E-state index contributed by atoms with van der Waals surface area (Å²) in [7, 11) is 0. The van der Waals surface area contributed by atoms with Crippen molar-refractivity contribution in [3.05, 3.63) is 53.1 Å². The predicted octanol–water partition coefficient (Wildman–Crippen LogP) is 7.71. The summed E-state index contributed by atoms with van der Waals surface area (Å²) >= 11 is -1.88. The van der Waals surface area contributed by atoms with Gasteiger partial charge in [0.15, 0.2) is 22.6 Å². The molecule has 0 saturated carbocycles. The van der Waals surface area contributed by atoms with E-state index in [1.807, 2.05) is 25.1 Å². The largest absolute Gasteiger partial charge is 0.399 e. The lowest BCUT2D eigenvalue weighted by atomic mass is 9.70. The van der Waals surface area contributed by atoms with Gasteiger partial charge in [0, 0.05) is 17.2 Å². The quantitative estimate of drug-likeness (QED) is 0.0907. The van der Waals surface area contributed by atoms with E-state index >= 15 is 0 Å². The summed E-state index contributed by atoms with van der Waals surface area (Å²) in [5, 5.41) is -0.247. The maximum Gasteiger partial charge on any atom is 0.182 e. The van der Waals surface area contributed by atoms with Gasteiger partial charge in [-0.3, -0.25) is 9.59 Å². The predicted molar refractivity (Wildman–Crippen MR) is 159 cm³/mol. The van der Waals surface area contributed by atoms with E-state index in [0.717, 1.165) is 49.7 Å². The lowest BCUT2D eigenvalue weighted by Crippen LogP contribution is -2.31. The third-order valence-corrected chi connectivity index (χ3v) is 9.48. The Bertz CT molecular complexity index is 1010. The van der Waals surface area contributed by atoms with Crippen LogP contribution in [-0.4, -0.2) is 25.6 Å². The molecule has 3 N–H and O–H groups in total. The van der Waals surface area contributed by atoms with Crippen molar-refractivity contribution < 1.29 is 18.4 Å². The fourth-order valence-corrected chi connectivity index (χ4v) is 6.92. The highest BCUT2D eigenvalue weighted by molar-refractivity contribution is 7.79. The zero-order valence-corrected chi connectivity index (χ0v) is 24.9. The van der Waals surface area contributed by atoms with Gasteiger partial charge in [-0.05, 0) is 85.4 Å². The van der Waals surface area contributed by atoms with Crippen LogP contribution in [0.25, 0.3) is 0 Å². The molecule has 1 aromatic carbocycles. The van der Waals surface area contributed by atoms with Crippen LogP contribution in [0.3, 0.4) is 0 Å². The minimum absolute atomic E-state index is 0.0196. The highest BCUT2D eigenvalue weighted by atomic mass is 32.2. The van der Waals surface area contributed by atoms with Gasteiger partial charge in [-0.15, -0.1) is 0 Å². The summed E-state index contributed by atoms with van der Waals surface area (Å²) in [6, 6.07) is 5.74. The van der Waals surface area contributed by atoms with Crippen molar-refractivity contribution >= 4 is 28.3 Å². The molecule has 0 aromatic heterocycles. The molecular weight excluding hydrogens is 494 g/mol. The number of anilines is 1. The van der Waals surface area contributed by atoms with Gasteiger partial charge in [-0.1, -0.05) is 78.7 Å². The molecule has 0 heterocycles. The second-order valence-corrected chi connectivity index (χ2v) is 12.4. The number of ketones is 2. The molecule has 5 nitrogen and oxygen atoms in total. The average molecular weight is 544 g/mol. The Labute approximate surface area is 233 Å². The summed E-state index contributed by atoms with van der Waals surface area (Å²) in [6.07, 6.45) is 14.5. The second-order valence-electron chi connectivity index (χ2n) is 11.3. The van der Waals surface area contributed by atoms with Crippen LogP contribution in [0.5, 0.6) is 0 Å². The summed E-state index contributed by atoms with van der Waals surface area (Å²) in [5.41, 5.74) is 9.29. The number of carbonyl (C=O) groups excluding carboxylic acids is 2. The number of rotatable bonds is 17. The van der Waals surface area contributed by atoms with Gasteiger partial charge in [-0.25, -0.2) is 4.21 Å².